The molecule has 2 heterocycles. The molecule has 1 fully saturated rings. The number of halogens is 4. The van der Waals surface area contributed by atoms with E-state index >= 15 is 4.39 Å². The molecule has 0 saturated carbocycles. The lowest BCUT2D eigenvalue weighted by molar-refractivity contribution is -0.138. The lowest BCUT2D eigenvalue weighted by Gasteiger charge is -2.45. The topological polar surface area (TPSA) is 68.6 Å². The lowest BCUT2D eigenvalue weighted by atomic mass is 9.96. The van der Waals surface area contributed by atoms with Gasteiger partial charge in [-0.1, -0.05) is 24.3 Å². The number of alkyl halides is 3. The van der Waals surface area contributed by atoms with Crippen LogP contribution in [0.15, 0.2) is 65.7 Å². The van der Waals surface area contributed by atoms with Crippen LogP contribution in [0, 0.1) is 5.82 Å². The van der Waals surface area contributed by atoms with E-state index in [1.807, 2.05) is 29.2 Å². The Morgan fingerprint density at radius 3 is 2.35 bits per heavy atom. The van der Waals surface area contributed by atoms with E-state index in [0.29, 0.717) is 26.2 Å². The molecule has 1 N–H and O–H groups in total. The number of carbonyl (C=O) groups is 1. The maximum atomic E-state index is 15.1. The second-order valence-electron chi connectivity index (χ2n) is 9.52. The summed E-state index contributed by atoms with van der Waals surface area (Å²) in [6.07, 6.45) is -5.16. The Kier molecular flexibility index (Phi) is 7.59. The van der Waals surface area contributed by atoms with E-state index in [1.54, 1.807) is 6.07 Å². The molecule has 2 unspecified atom stereocenters. The quantitative estimate of drug-likeness (QED) is 0.334. The molecular weight excluding hydrogens is 547 g/mol. The number of benzene rings is 3. The summed E-state index contributed by atoms with van der Waals surface area (Å²) in [4.78, 5) is 22.1. The van der Waals surface area contributed by atoms with Crippen LogP contribution in [0.4, 0.5) is 34.6 Å². The van der Waals surface area contributed by atoms with Crippen LogP contribution >= 0.6 is 9.24 Å². The summed E-state index contributed by atoms with van der Waals surface area (Å²) in [5.41, 5.74) is 0.332. The van der Waals surface area contributed by atoms with E-state index < -0.39 is 36.0 Å². The van der Waals surface area contributed by atoms with Crippen molar-refractivity contribution in [1.29, 1.82) is 0 Å². The monoisotopic (exact) mass is 574 g/mol. The Balaban J connectivity index is 1.61. The summed E-state index contributed by atoms with van der Waals surface area (Å²) in [6.45, 7) is 1.97. The van der Waals surface area contributed by atoms with Gasteiger partial charge in [0.1, 0.15) is 17.3 Å². The number of guanidine groups is 1. The number of methoxy groups -OCH3 is 1. The van der Waals surface area contributed by atoms with Crippen molar-refractivity contribution in [3.8, 4) is 5.75 Å². The molecule has 5 rings (SSSR count). The third-order valence-electron chi connectivity index (χ3n) is 7.07. The first-order valence-corrected chi connectivity index (χ1v) is 13.1. The predicted octanol–water partition coefficient (Wildman–Crippen LogP) is 5.20. The normalized spacial score (nSPS) is 17.4. The number of hydrogen-bond acceptors (Lipinski definition) is 6. The van der Waals surface area contributed by atoms with Crippen LogP contribution in [0.2, 0.25) is 0 Å². The number of rotatable bonds is 5. The van der Waals surface area contributed by atoms with Gasteiger partial charge in [0.25, 0.3) is 0 Å². The average molecular weight is 575 g/mol. The number of aliphatic carboxylic acids is 1. The molecule has 210 valence electrons. The molecule has 0 radical (unpaired) electrons. The van der Waals surface area contributed by atoms with Crippen molar-refractivity contribution in [2.24, 2.45) is 4.99 Å². The molecule has 2 atom stereocenters. The molecule has 0 aromatic heterocycles. The highest BCUT2D eigenvalue weighted by molar-refractivity contribution is 7.27. The highest BCUT2D eigenvalue weighted by atomic mass is 31.0. The van der Waals surface area contributed by atoms with Gasteiger partial charge in [0.15, 0.2) is 0 Å². The molecule has 12 heteroatoms. The molecule has 1 saturated heterocycles. The van der Waals surface area contributed by atoms with Crippen LogP contribution in [-0.4, -0.2) is 55.2 Å². The first-order chi connectivity index (χ1) is 19.1. The van der Waals surface area contributed by atoms with Crippen molar-refractivity contribution in [1.82, 2.24) is 4.90 Å². The van der Waals surface area contributed by atoms with Crippen molar-refractivity contribution in [3.05, 3.63) is 77.6 Å². The van der Waals surface area contributed by atoms with Crippen LogP contribution in [-0.2, 0) is 11.0 Å². The predicted molar refractivity (Wildman–Crippen MR) is 149 cm³/mol. The molecule has 0 amide bonds. The molecule has 3 aromatic rings. The summed E-state index contributed by atoms with van der Waals surface area (Å²) in [6, 6.07) is 14.2. The first kappa shape index (κ1) is 27.7. The Morgan fingerprint density at radius 2 is 1.73 bits per heavy atom. The van der Waals surface area contributed by atoms with Crippen molar-refractivity contribution in [2.75, 3.05) is 43.1 Å². The fourth-order valence-electron chi connectivity index (χ4n) is 5.12. The van der Waals surface area contributed by atoms with Crippen molar-refractivity contribution in [3.63, 3.8) is 0 Å². The summed E-state index contributed by atoms with van der Waals surface area (Å²) in [5, 5.41) is 10.9. The molecule has 0 aliphatic carbocycles. The zero-order valence-electron chi connectivity index (χ0n) is 21.5. The zero-order chi connectivity index (χ0) is 28.6. The number of nitrogens with zero attached hydrogens (tertiary/aromatic N) is 4. The number of carboxylic acid groups (broad SMARTS) is 1. The van der Waals surface area contributed by atoms with Gasteiger partial charge in [0.05, 0.1) is 30.8 Å². The summed E-state index contributed by atoms with van der Waals surface area (Å²) >= 11 is 0. The fraction of sp³-hybridized carbons (Fsp3) is 0.286. The maximum absolute atomic E-state index is 15.1. The first-order valence-electron chi connectivity index (χ1n) is 12.6. The molecule has 0 bridgehead atoms. The number of hydrogen-bond donors (Lipinski definition) is 1. The minimum atomic E-state index is -4.65. The van der Waals surface area contributed by atoms with E-state index in [0.717, 1.165) is 23.1 Å². The minimum absolute atomic E-state index is 0.00398. The van der Waals surface area contributed by atoms with Gasteiger partial charge in [-0.2, -0.15) is 13.2 Å². The standard InChI is InChI=1S/C28H27F4N4O3P/c1-39-24-10-5-17(28(30,31)32)15-23(24)36-22(16-25(37)38)20-3-2-4-21(29)26(20)33-27(36)35-13-11-34(12-14-35)18-6-8-19(40)9-7-18/h2-10,15,22H,11-14,16,40H2,1H3,(H,37,38). The molecule has 3 aromatic carbocycles. The lowest BCUT2D eigenvalue weighted by Crippen LogP contribution is -2.55. The molecule has 2 aliphatic rings. The van der Waals surface area contributed by atoms with Crippen LogP contribution in [0.1, 0.15) is 23.6 Å². The summed E-state index contributed by atoms with van der Waals surface area (Å²) < 4.78 is 61.9. The average Bonchev–Trinajstić information content (AvgIpc) is 2.93. The summed E-state index contributed by atoms with van der Waals surface area (Å²) in [5.74, 6) is -1.56. The Hall–Kier alpha value is -3.85. The highest BCUT2D eigenvalue weighted by Crippen LogP contribution is 2.46. The highest BCUT2D eigenvalue weighted by Gasteiger charge is 2.40. The fourth-order valence-corrected chi connectivity index (χ4v) is 5.31. The van der Waals surface area contributed by atoms with E-state index in [9.17, 15) is 23.1 Å². The van der Waals surface area contributed by atoms with Crippen LogP contribution < -0.4 is 19.8 Å². The van der Waals surface area contributed by atoms with E-state index in [4.69, 9.17) is 4.74 Å². The third-order valence-corrected chi connectivity index (χ3v) is 7.46. The maximum Gasteiger partial charge on any atom is 0.416 e. The van der Waals surface area contributed by atoms with Gasteiger partial charge >= 0.3 is 12.1 Å². The third kappa shape index (κ3) is 5.43. The SMILES string of the molecule is COc1ccc(C(F)(F)F)cc1N1C(N2CCN(c3ccc(P)cc3)CC2)=Nc2c(F)cccc2C1CC(=O)O. The number of piperazine rings is 1. The smallest absolute Gasteiger partial charge is 0.416 e. The van der Waals surface area contributed by atoms with Gasteiger partial charge in [0.2, 0.25) is 5.96 Å². The van der Waals surface area contributed by atoms with Gasteiger partial charge in [0, 0.05) is 37.4 Å². The van der Waals surface area contributed by atoms with Crippen LogP contribution in [0.3, 0.4) is 0 Å². The Bertz CT molecular complexity index is 1440. The molecule has 40 heavy (non-hydrogen) atoms. The largest absolute Gasteiger partial charge is 0.495 e. The van der Waals surface area contributed by atoms with E-state index in [1.165, 1.54) is 30.2 Å². The van der Waals surface area contributed by atoms with E-state index in [-0.39, 0.29) is 28.6 Å². The number of anilines is 2. The Labute approximate surface area is 230 Å². The van der Waals surface area contributed by atoms with Gasteiger partial charge in [-0.05, 0) is 41.7 Å². The Morgan fingerprint density at radius 1 is 1.05 bits per heavy atom. The minimum Gasteiger partial charge on any atom is -0.495 e. The van der Waals surface area contributed by atoms with Gasteiger partial charge in [-0.15, -0.1) is 9.24 Å². The number of carboxylic acids is 1. The van der Waals surface area contributed by atoms with Crippen molar-refractivity contribution >= 4 is 43.5 Å². The number of para-hydroxylation sites is 1. The van der Waals surface area contributed by atoms with Crippen LogP contribution in [0.5, 0.6) is 5.75 Å². The molecule has 2 aliphatic heterocycles. The van der Waals surface area contributed by atoms with Crippen molar-refractivity contribution in [2.45, 2.75) is 18.6 Å². The number of aliphatic imine (C=N–C) groups is 1. The molecular formula is C28H27F4N4O3P. The second-order valence-corrected chi connectivity index (χ2v) is 10.2. The van der Waals surface area contributed by atoms with Crippen molar-refractivity contribution < 1.29 is 32.2 Å². The number of fused-ring (bicyclic) bond motifs is 1. The molecule has 7 nitrogen and oxygen atoms in total. The van der Waals surface area contributed by atoms with Gasteiger partial charge in [-0.25, -0.2) is 9.38 Å². The molecule has 0 spiro atoms. The van der Waals surface area contributed by atoms with E-state index in [2.05, 4.69) is 19.1 Å². The van der Waals surface area contributed by atoms with Crippen LogP contribution in [0.25, 0.3) is 0 Å². The number of ether oxygens (including phenoxy) is 1. The second kappa shape index (κ2) is 11.0. The van der Waals surface area contributed by atoms with Gasteiger partial charge < -0.3 is 24.5 Å². The zero-order valence-corrected chi connectivity index (χ0v) is 22.7. The summed E-state index contributed by atoms with van der Waals surface area (Å²) in [7, 11) is 3.96. The van der Waals surface area contributed by atoms with Gasteiger partial charge in [-0.3, -0.25) is 4.79 Å².